The van der Waals surface area contributed by atoms with Crippen LogP contribution in [0.5, 0.6) is 0 Å². The Morgan fingerprint density at radius 1 is 0.469 bits per heavy atom. The second-order valence-electron chi connectivity index (χ2n) is 17.3. The Bertz CT molecular complexity index is 1580. The average molecular weight is 704 g/mol. The smallest absolute Gasteiger partial charge is 0.191 e. The number of rotatable bonds is 7. The molecular formula is C44H56CoN2O2. The van der Waals surface area contributed by atoms with Crippen LogP contribution in [-0.2, 0) is 26.4 Å². The molecule has 0 unspecified atom stereocenters. The van der Waals surface area contributed by atoms with E-state index in [1.807, 2.05) is 61.0 Å². The van der Waals surface area contributed by atoms with E-state index in [1.54, 1.807) is 0 Å². The Hall–Kier alpha value is -3.67. The van der Waals surface area contributed by atoms with Gasteiger partial charge in [0.15, 0.2) is 11.6 Å². The Kier molecular flexibility index (Phi) is 12.2. The summed E-state index contributed by atoms with van der Waals surface area (Å²) in [6.07, 6.45) is 12.0. The van der Waals surface area contributed by atoms with Crippen molar-refractivity contribution in [3.63, 3.8) is 0 Å². The number of allylic oxidation sites excluding steroid dienone is 10. The zero-order chi connectivity index (χ0) is 35.7. The number of hydrogen-bond donors (Lipinski definition) is 2. The molecule has 49 heavy (non-hydrogen) atoms. The molecule has 263 valence electrons. The van der Waals surface area contributed by atoms with Crippen molar-refractivity contribution < 1.29 is 26.4 Å². The molecule has 4 rings (SSSR count). The molecule has 2 aliphatic rings. The van der Waals surface area contributed by atoms with Gasteiger partial charge in [0.2, 0.25) is 0 Å². The van der Waals surface area contributed by atoms with Gasteiger partial charge in [-0.25, -0.2) is 0 Å². The minimum atomic E-state index is -0.299. The van der Waals surface area contributed by atoms with Gasteiger partial charge in [0.1, 0.15) is 0 Å². The first-order chi connectivity index (χ1) is 22.2. The predicted molar refractivity (Wildman–Crippen MR) is 201 cm³/mol. The van der Waals surface area contributed by atoms with Crippen molar-refractivity contribution in [2.24, 2.45) is 21.7 Å². The van der Waals surface area contributed by atoms with Crippen molar-refractivity contribution in [3.05, 3.63) is 142 Å². The number of carbonyl (C=O) groups excluding carboxylic acids is 2. The van der Waals surface area contributed by atoms with Crippen molar-refractivity contribution >= 4 is 11.6 Å². The normalized spacial score (nSPS) is 18.9. The minimum absolute atomic E-state index is 0. The molecule has 1 radical (unpaired) electrons. The number of Topliss-reactive ketones (excluding diaryl/α,β-unsaturated/α-hetero) is 2. The van der Waals surface area contributed by atoms with Crippen molar-refractivity contribution in [3.8, 4) is 0 Å². The third-order valence-corrected chi connectivity index (χ3v) is 9.07. The first-order valence-corrected chi connectivity index (χ1v) is 17.2. The van der Waals surface area contributed by atoms with Crippen LogP contribution < -0.4 is 10.6 Å². The number of benzene rings is 2. The van der Waals surface area contributed by atoms with Crippen molar-refractivity contribution in [2.75, 3.05) is 0 Å². The van der Waals surface area contributed by atoms with Gasteiger partial charge in [-0.2, -0.15) is 0 Å². The molecule has 0 aliphatic heterocycles. The molecule has 0 amide bonds. The van der Waals surface area contributed by atoms with Crippen LogP contribution in [0.1, 0.15) is 106 Å². The molecule has 0 fully saturated rings. The summed E-state index contributed by atoms with van der Waals surface area (Å²) in [6, 6.07) is 20.0. The molecule has 2 aliphatic carbocycles. The van der Waals surface area contributed by atoms with Gasteiger partial charge in [-0.3, -0.25) is 9.59 Å². The van der Waals surface area contributed by atoms with E-state index in [0.717, 1.165) is 33.4 Å². The van der Waals surface area contributed by atoms with Crippen molar-refractivity contribution in [1.29, 1.82) is 0 Å². The molecular weight excluding hydrogens is 647 g/mol. The van der Waals surface area contributed by atoms with E-state index in [4.69, 9.17) is 0 Å². The molecule has 2 aromatic carbocycles. The van der Waals surface area contributed by atoms with Gasteiger partial charge in [-0.1, -0.05) is 156 Å². The van der Waals surface area contributed by atoms with Crippen molar-refractivity contribution in [1.82, 2.24) is 10.6 Å². The van der Waals surface area contributed by atoms with Crippen LogP contribution in [0.2, 0.25) is 0 Å². The molecule has 0 spiro atoms. The monoisotopic (exact) mass is 703 g/mol. The van der Waals surface area contributed by atoms with Gasteiger partial charge in [-0.05, 0) is 56.1 Å². The van der Waals surface area contributed by atoms with Gasteiger partial charge in [0.05, 0.1) is 12.1 Å². The SMILES string of the molecule is CC(C)(C)C1=C/C(=C/N[C@@H](c2ccccc2)[C@@H](N/C=C2/C=C(C(C)(C)C)C=C(C(C)(C)C)C2=O)c2ccccc2)C(=O)C(C(C)(C)C)=C1.[Co]. The third-order valence-electron chi connectivity index (χ3n) is 9.07. The summed E-state index contributed by atoms with van der Waals surface area (Å²) in [6.45, 7) is 25.6. The van der Waals surface area contributed by atoms with Crippen LogP contribution >= 0.6 is 0 Å². The fourth-order valence-electron chi connectivity index (χ4n) is 5.95. The van der Waals surface area contributed by atoms with E-state index < -0.39 is 0 Å². The Balaban J connectivity index is 0.00000650. The van der Waals surface area contributed by atoms with Gasteiger partial charge in [-0.15, -0.1) is 0 Å². The fourth-order valence-corrected chi connectivity index (χ4v) is 5.95. The molecule has 5 heteroatoms. The molecule has 2 aromatic rings. The van der Waals surface area contributed by atoms with E-state index in [1.165, 1.54) is 0 Å². The number of ketones is 2. The van der Waals surface area contributed by atoms with E-state index in [0.29, 0.717) is 11.1 Å². The third kappa shape index (κ3) is 9.73. The average Bonchev–Trinajstić information content (AvgIpc) is 2.98. The van der Waals surface area contributed by atoms with Gasteiger partial charge < -0.3 is 10.6 Å². The van der Waals surface area contributed by atoms with Gasteiger partial charge in [0, 0.05) is 51.5 Å². The number of nitrogens with one attached hydrogen (secondary N) is 2. The predicted octanol–water partition coefficient (Wildman–Crippen LogP) is 10.5. The van der Waals surface area contributed by atoms with E-state index in [-0.39, 0.29) is 62.1 Å². The minimum Gasteiger partial charge on any atom is -0.381 e. The number of carbonyl (C=O) groups is 2. The summed E-state index contributed by atoms with van der Waals surface area (Å²) in [7, 11) is 0. The molecule has 0 saturated heterocycles. The van der Waals surface area contributed by atoms with E-state index >= 15 is 0 Å². The Morgan fingerprint density at radius 3 is 1.04 bits per heavy atom. The Labute approximate surface area is 306 Å². The quantitative estimate of drug-likeness (QED) is 0.282. The molecule has 0 bridgehead atoms. The number of hydrogen-bond acceptors (Lipinski definition) is 4. The second kappa shape index (κ2) is 15.1. The van der Waals surface area contributed by atoms with Gasteiger partial charge >= 0.3 is 0 Å². The first-order valence-electron chi connectivity index (χ1n) is 17.2. The van der Waals surface area contributed by atoms with Crippen LogP contribution in [0, 0.1) is 21.7 Å². The molecule has 0 heterocycles. The van der Waals surface area contributed by atoms with Crippen LogP contribution in [0.4, 0.5) is 0 Å². The molecule has 2 N–H and O–H groups in total. The largest absolute Gasteiger partial charge is 0.381 e. The molecule has 0 saturated carbocycles. The standard InChI is InChI=1S/C44H56N2O2.Co/c1-41(2,3)33-23-31(39(47)35(25-33)43(7,8)9)27-45-37(29-19-15-13-16-20-29)38(30-21-17-14-18-22-30)46-28-32-24-34(42(4,5)6)26-36(40(32)48)44(10,11)12;/h13-28,37-38,45-46H,1-12H3;/b31-27-,32-28-;/t37-,38-;/m0./s1. The van der Waals surface area contributed by atoms with Crippen molar-refractivity contribution in [2.45, 2.75) is 95.2 Å². The summed E-state index contributed by atoms with van der Waals surface area (Å²) < 4.78 is 0. The molecule has 0 aromatic heterocycles. The maximum atomic E-state index is 13.9. The maximum absolute atomic E-state index is 13.9. The van der Waals surface area contributed by atoms with E-state index in [9.17, 15) is 9.59 Å². The fraction of sp³-hybridized carbons (Fsp3) is 0.409. The van der Waals surface area contributed by atoms with Crippen LogP contribution in [0.3, 0.4) is 0 Å². The second-order valence-corrected chi connectivity index (χ2v) is 17.3. The molecule has 2 atom stereocenters. The zero-order valence-corrected chi connectivity index (χ0v) is 32.6. The van der Waals surface area contributed by atoms with Crippen LogP contribution in [-0.4, -0.2) is 11.6 Å². The summed E-state index contributed by atoms with van der Waals surface area (Å²) in [5, 5.41) is 7.37. The maximum Gasteiger partial charge on any atom is 0.191 e. The van der Waals surface area contributed by atoms with Crippen LogP contribution in [0.15, 0.2) is 131 Å². The van der Waals surface area contributed by atoms with Crippen LogP contribution in [0.25, 0.3) is 0 Å². The zero-order valence-electron chi connectivity index (χ0n) is 31.5. The molecule has 4 nitrogen and oxygen atoms in total. The summed E-state index contributed by atoms with van der Waals surface area (Å²) in [5.74, 6) is 0.0746. The Morgan fingerprint density at radius 2 is 0.776 bits per heavy atom. The first kappa shape index (κ1) is 39.8. The summed E-state index contributed by atoms with van der Waals surface area (Å²) >= 11 is 0. The van der Waals surface area contributed by atoms with E-state index in [2.05, 4.69) is 130 Å². The topological polar surface area (TPSA) is 58.2 Å². The summed E-state index contributed by atoms with van der Waals surface area (Å²) in [5.41, 5.74) is 6.40. The van der Waals surface area contributed by atoms with Gasteiger partial charge in [0.25, 0.3) is 0 Å². The summed E-state index contributed by atoms with van der Waals surface area (Å²) in [4.78, 5) is 27.9.